The van der Waals surface area contributed by atoms with Crippen LogP contribution in [-0.2, 0) is 25.6 Å². The highest BCUT2D eigenvalue weighted by molar-refractivity contribution is 5.94. The highest BCUT2D eigenvalue weighted by Crippen LogP contribution is 2.10. The number of nitrogens with two attached hydrogens (primary N) is 3. The first-order chi connectivity index (χ1) is 17.4. The quantitative estimate of drug-likeness (QED) is 0.0718. The van der Waals surface area contributed by atoms with Crippen molar-refractivity contribution in [1.29, 1.82) is 0 Å². The molecule has 1 aromatic rings. The first-order valence-electron chi connectivity index (χ1n) is 12.3. The molecule has 3 amide bonds. The summed E-state index contributed by atoms with van der Waals surface area (Å²) < 4.78 is 0. The van der Waals surface area contributed by atoms with E-state index in [0.717, 1.165) is 0 Å². The number of aliphatic imine (C=N–C) groups is 1. The molecule has 5 unspecified atom stereocenters. The minimum atomic E-state index is -1.17. The van der Waals surface area contributed by atoms with E-state index in [-0.39, 0.29) is 24.2 Å². The van der Waals surface area contributed by atoms with Gasteiger partial charge in [0.1, 0.15) is 18.1 Å². The third-order valence-corrected chi connectivity index (χ3v) is 5.94. The average Bonchev–Trinajstić information content (AvgIpc) is 3.34. The highest BCUT2D eigenvalue weighted by atomic mass is 16.4. The number of amides is 3. The van der Waals surface area contributed by atoms with Crippen molar-refractivity contribution >= 4 is 29.7 Å². The summed E-state index contributed by atoms with van der Waals surface area (Å²) in [4.78, 5) is 61.3. The fourth-order valence-corrected chi connectivity index (χ4v) is 3.47. The largest absolute Gasteiger partial charge is 0.480 e. The fourth-order valence-electron chi connectivity index (χ4n) is 3.47. The van der Waals surface area contributed by atoms with E-state index < -0.39 is 47.9 Å². The third-order valence-electron chi connectivity index (χ3n) is 5.94. The number of aliphatic carboxylic acids is 1. The van der Waals surface area contributed by atoms with Gasteiger partial charge in [0.2, 0.25) is 17.7 Å². The molecule has 11 N–H and O–H groups in total. The summed E-state index contributed by atoms with van der Waals surface area (Å²) in [5, 5.41) is 17.4. The van der Waals surface area contributed by atoms with Gasteiger partial charge in [-0.25, -0.2) is 9.78 Å². The van der Waals surface area contributed by atoms with Crippen molar-refractivity contribution in [3.8, 4) is 0 Å². The van der Waals surface area contributed by atoms with Gasteiger partial charge in [-0.2, -0.15) is 0 Å². The van der Waals surface area contributed by atoms with Crippen molar-refractivity contribution in [3.05, 3.63) is 18.2 Å². The van der Waals surface area contributed by atoms with Crippen LogP contribution in [0.3, 0.4) is 0 Å². The van der Waals surface area contributed by atoms with Gasteiger partial charge in [-0.3, -0.25) is 19.4 Å². The third kappa shape index (κ3) is 10.9. The molecule has 0 saturated heterocycles. The molecule has 5 atom stereocenters. The Morgan fingerprint density at radius 3 is 2.22 bits per heavy atom. The van der Waals surface area contributed by atoms with Crippen molar-refractivity contribution in [3.63, 3.8) is 0 Å². The maximum atomic E-state index is 13.2. The number of hydrogen-bond donors (Lipinski definition) is 8. The molecule has 0 saturated carbocycles. The molecule has 0 aliphatic heterocycles. The van der Waals surface area contributed by atoms with Crippen LogP contribution in [0.2, 0.25) is 0 Å². The summed E-state index contributed by atoms with van der Waals surface area (Å²) in [5.74, 6) is -3.69. The predicted molar refractivity (Wildman–Crippen MR) is 138 cm³/mol. The summed E-state index contributed by atoms with van der Waals surface area (Å²) in [6.45, 7) is 7.32. The second-order valence-electron chi connectivity index (χ2n) is 9.34. The van der Waals surface area contributed by atoms with E-state index >= 15 is 0 Å². The van der Waals surface area contributed by atoms with Crippen LogP contribution < -0.4 is 33.2 Å². The number of carboxylic acid groups (broad SMARTS) is 1. The van der Waals surface area contributed by atoms with E-state index in [1.54, 1.807) is 20.8 Å². The molecule has 0 aliphatic carbocycles. The van der Waals surface area contributed by atoms with Crippen LogP contribution in [-0.4, -0.2) is 75.4 Å². The lowest BCUT2D eigenvalue weighted by molar-refractivity contribution is -0.143. The molecule has 0 radical (unpaired) electrons. The van der Waals surface area contributed by atoms with E-state index in [1.807, 2.05) is 6.92 Å². The number of imidazole rings is 1. The number of aromatic amines is 1. The minimum absolute atomic E-state index is 0.0352. The van der Waals surface area contributed by atoms with Gasteiger partial charge in [0, 0.05) is 24.9 Å². The summed E-state index contributed by atoms with van der Waals surface area (Å²) in [6, 6.07) is -4.13. The van der Waals surface area contributed by atoms with Crippen molar-refractivity contribution in [2.45, 2.75) is 77.5 Å². The maximum absolute atomic E-state index is 13.2. The Morgan fingerprint density at radius 1 is 1.05 bits per heavy atom. The standard InChI is InChI=1S/C23H41N9O5/c1-5-13(4)18(22(36)37)32-20(34)16(9-14-10-27-11-29-14)30-21(35)17(12(2)3)31-19(33)15(24)7-6-8-28-23(25)26/h10-13,15-18H,5-9,24H2,1-4H3,(H,27,29)(H,30,35)(H,31,33)(H,32,34)(H,36,37)(H4,25,26,28). The molecule has 0 fully saturated rings. The topological polar surface area (TPSA) is 244 Å². The van der Waals surface area contributed by atoms with Crippen LogP contribution in [0, 0.1) is 11.8 Å². The van der Waals surface area contributed by atoms with E-state index in [9.17, 15) is 24.3 Å². The zero-order valence-electron chi connectivity index (χ0n) is 21.9. The number of carbonyl (C=O) groups is 4. The summed E-state index contributed by atoms with van der Waals surface area (Å²) >= 11 is 0. The molecule has 0 bridgehead atoms. The summed E-state index contributed by atoms with van der Waals surface area (Å²) in [6.07, 6.45) is 4.26. The second-order valence-corrected chi connectivity index (χ2v) is 9.34. The second kappa shape index (κ2) is 15.4. The number of nitrogens with one attached hydrogen (secondary N) is 4. The van der Waals surface area contributed by atoms with Crippen LogP contribution in [0.15, 0.2) is 17.5 Å². The minimum Gasteiger partial charge on any atom is -0.480 e. The van der Waals surface area contributed by atoms with Gasteiger partial charge >= 0.3 is 5.97 Å². The highest BCUT2D eigenvalue weighted by Gasteiger charge is 2.33. The van der Waals surface area contributed by atoms with Crippen LogP contribution >= 0.6 is 0 Å². The lowest BCUT2D eigenvalue weighted by Crippen LogP contribution is -2.59. The van der Waals surface area contributed by atoms with Crippen molar-refractivity contribution in [2.75, 3.05) is 6.54 Å². The summed E-state index contributed by atoms with van der Waals surface area (Å²) in [7, 11) is 0. The van der Waals surface area contributed by atoms with E-state index in [0.29, 0.717) is 31.5 Å². The first kappa shape index (κ1) is 31.4. The molecule has 1 aromatic heterocycles. The Hall–Kier alpha value is -3.68. The summed E-state index contributed by atoms with van der Waals surface area (Å²) in [5.41, 5.74) is 17.1. The number of hydrogen-bond acceptors (Lipinski definition) is 7. The van der Waals surface area contributed by atoms with Gasteiger partial charge in [0.05, 0.1) is 12.4 Å². The van der Waals surface area contributed by atoms with Crippen molar-refractivity contribution < 1.29 is 24.3 Å². The van der Waals surface area contributed by atoms with Gasteiger partial charge in [-0.05, 0) is 24.7 Å². The number of H-pyrrole nitrogens is 1. The molecule has 0 spiro atoms. The molecule has 208 valence electrons. The normalized spacial score (nSPS) is 15.1. The van der Waals surface area contributed by atoms with E-state index in [1.165, 1.54) is 12.5 Å². The molecule has 14 heteroatoms. The lowest BCUT2D eigenvalue weighted by atomic mass is 9.98. The number of rotatable bonds is 16. The Kier molecular flexibility index (Phi) is 13.1. The Labute approximate surface area is 216 Å². The maximum Gasteiger partial charge on any atom is 0.326 e. The van der Waals surface area contributed by atoms with Crippen LogP contribution in [0.25, 0.3) is 0 Å². The van der Waals surface area contributed by atoms with E-state index in [4.69, 9.17) is 17.2 Å². The molecule has 1 rings (SSSR count). The zero-order valence-corrected chi connectivity index (χ0v) is 21.9. The predicted octanol–water partition coefficient (Wildman–Crippen LogP) is -1.43. The van der Waals surface area contributed by atoms with Gasteiger partial charge in [-0.1, -0.05) is 34.1 Å². The van der Waals surface area contributed by atoms with Crippen molar-refractivity contribution in [2.24, 2.45) is 34.0 Å². The molecular formula is C23H41N9O5. The number of carboxylic acids is 1. The van der Waals surface area contributed by atoms with Crippen LogP contribution in [0.1, 0.15) is 52.7 Å². The van der Waals surface area contributed by atoms with Gasteiger partial charge < -0.3 is 43.2 Å². The Balaban J connectivity index is 2.97. The van der Waals surface area contributed by atoms with E-state index in [2.05, 4.69) is 30.9 Å². The number of guanidine groups is 1. The molecule has 0 aromatic carbocycles. The number of aromatic nitrogens is 2. The lowest BCUT2D eigenvalue weighted by Gasteiger charge is -2.27. The van der Waals surface area contributed by atoms with Gasteiger partial charge in [0.25, 0.3) is 0 Å². The van der Waals surface area contributed by atoms with Gasteiger partial charge in [-0.15, -0.1) is 0 Å². The molecule has 1 heterocycles. The molecule has 14 nitrogen and oxygen atoms in total. The SMILES string of the molecule is CCC(C)C(NC(=O)C(Cc1cnc[nH]1)NC(=O)C(NC(=O)C(N)CCCN=C(N)N)C(C)C)C(=O)O. The van der Waals surface area contributed by atoms with Crippen LogP contribution in [0.4, 0.5) is 0 Å². The first-order valence-corrected chi connectivity index (χ1v) is 12.3. The van der Waals surface area contributed by atoms with Crippen LogP contribution in [0.5, 0.6) is 0 Å². The molecule has 37 heavy (non-hydrogen) atoms. The number of nitrogens with zero attached hydrogens (tertiary/aromatic N) is 2. The van der Waals surface area contributed by atoms with Gasteiger partial charge in [0.15, 0.2) is 5.96 Å². The fraction of sp³-hybridized carbons (Fsp3) is 0.652. The van der Waals surface area contributed by atoms with Crippen molar-refractivity contribution in [1.82, 2.24) is 25.9 Å². The Morgan fingerprint density at radius 2 is 1.70 bits per heavy atom. The molecular weight excluding hydrogens is 482 g/mol. The smallest absolute Gasteiger partial charge is 0.326 e. The number of carbonyl (C=O) groups excluding carboxylic acids is 3. The zero-order chi connectivity index (χ0) is 28.1. The molecule has 0 aliphatic rings. The average molecular weight is 524 g/mol. The monoisotopic (exact) mass is 523 g/mol. The Bertz CT molecular complexity index is 916.